The van der Waals surface area contributed by atoms with Crippen molar-refractivity contribution in [2.45, 2.75) is 38.8 Å². The first kappa shape index (κ1) is 22.4. The highest BCUT2D eigenvalue weighted by atomic mass is 16.5. The Labute approximate surface area is 194 Å². The van der Waals surface area contributed by atoms with Gasteiger partial charge >= 0.3 is 0 Å². The summed E-state index contributed by atoms with van der Waals surface area (Å²) in [5.74, 6) is 0.313. The van der Waals surface area contributed by atoms with Crippen LogP contribution in [-0.2, 0) is 4.79 Å². The van der Waals surface area contributed by atoms with Crippen molar-refractivity contribution >= 4 is 17.5 Å². The van der Waals surface area contributed by atoms with Crippen LogP contribution < -0.4 is 14.4 Å². The third-order valence-electron chi connectivity index (χ3n) is 6.69. The molecule has 2 aromatic carbocycles. The quantitative estimate of drug-likeness (QED) is 0.682. The standard InChI is InChI=1S/C27H27N3O3/c1-26(2,3)25(31)24-23(18-10-12-20(32-4)21(14-18)33-5)27(15-28,16-29)22-13-11-17-8-6-7-9-19(17)30(22)24/h6-14,22-24H,1-5H3/t22-,23-,24+/m0/s1. The second-order valence-electron chi connectivity index (χ2n) is 9.51. The maximum absolute atomic E-state index is 14.0. The molecule has 2 heterocycles. The van der Waals surface area contributed by atoms with Crippen LogP contribution in [0.25, 0.3) is 6.08 Å². The predicted octanol–water partition coefficient (Wildman–Crippen LogP) is 4.72. The fraction of sp³-hybridized carbons (Fsp3) is 0.370. The number of ether oxygens (including phenoxy) is 2. The molecular weight excluding hydrogens is 414 g/mol. The summed E-state index contributed by atoms with van der Waals surface area (Å²) in [7, 11) is 3.09. The van der Waals surface area contributed by atoms with Crippen LogP contribution in [0, 0.1) is 33.5 Å². The van der Waals surface area contributed by atoms with E-state index in [1.54, 1.807) is 19.2 Å². The van der Waals surface area contributed by atoms with E-state index in [9.17, 15) is 15.3 Å². The molecule has 6 nitrogen and oxygen atoms in total. The summed E-state index contributed by atoms with van der Waals surface area (Å²) in [4.78, 5) is 16.0. The second-order valence-corrected chi connectivity index (χ2v) is 9.51. The first-order chi connectivity index (χ1) is 15.7. The van der Waals surface area contributed by atoms with Crippen LogP contribution in [0.5, 0.6) is 11.5 Å². The van der Waals surface area contributed by atoms with Crippen molar-refractivity contribution in [2.75, 3.05) is 19.1 Å². The van der Waals surface area contributed by atoms with Gasteiger partial charge < -0.3 is 14.4 Å². The lowest BCUT2D eigenvalue weighted by Crippen LogP contribution is -2.47. The number of methoxy groups -OCH3 is 2. The number of para-hydroxylation sites is 1. The fourth-order valence-electron chi connectivity index (χ4n) is 5.10. The zero-order valence-corrected chi connectivity index (χ0v) is 19.5. The number of nitrogens with zero attached hydrogens (tertiary/aromatic N) is 3. The molecule has 3 atom stereocenters. The van der Waals surface area contributed by atoms with Crippen LogP contribution in [-0.4, -0.2) is 32.1 Å². The molecule has 168 valence electrons. The van der Waals surface area contributed by atoms with E-state index < -0.39 is 28.8 Å². The van der Waals surface area contributed by atoms with Gasteiger partial charge in [0.25, 0.3) is 0 Å². The number of carbonyl (C=O) groups excluding carboxylic acids is 1. The minimum Gasteiger partial charge on any atom is -0.493 e. The lowest BCUT2D eigenvalue weighted by molar-refractivity contribution is -0.127. The van der Waals surface area contributed by atoms with Gasteiger partial charge in [-0.2, -0.15) is 10.5 Å². The van der Waals surface area contributed by atoms with Crippen LogP contribution >= 0.6 is 0 Å². The molecule has 0 aromatic heterocycles. The minimum absolute atomic E-state index is 0.0234. The zero-order chi connectivity index (χ0) is 24.0. The maximum Gasteiger partial charge on any atom is 0.176 e. The number of hydrogen-bond donors (Lipinski definition) is 0. The average molecular weight is 442 g/mol. The van der Waals surface area contributed by atoms with Gasteiger partial charge in [-0.3, -0.25) is 4.79 Å². The number of benzene rings is 2. The summed E-state index contributed by atoms with van der Waals surface area (Å²) in [5, 5.41) is 20.9. The van der Waals surface area contributed by atoms with Crippen molar-refractivity contribution in [3.8, 4) is 23.6 Å². The number of anilines is 1. The van der Waals surface area contributed by atoms with E-state index in [-0.39, 0.29) is 5.78 Å². The van der Waals surface area contributed by atoms with Gasteiger partial charge in [-0.05, 0) is 29.3 Å². The van der Waals surface area contributed by atoms with E-state index in [0.29, 0.717) is 17.1 Å². The van der Waals surface area contributed by atoms with Gasteiger partial charge in [0.05, 0.1) is 38.4 Å². The van der Waals surface area contributed by atoms with Crippen LogP contribution in [0.1, 0.15) is 37.8 Å². The molecule has 4 rings (SSSR count). The lowest BCUT2D eigenvalue weighted by Gasteiger charge is -2.37. The Bertz CT molecular complexity index is 1200. The summed E-state index contributed by atoms with van der Waals surface area (Å²) < 4.78 is 10.9. The van der Waals surface area contributed by atoms with Crippen molar-refractivity contribution < 1.29 is 14.3 Å². The number of rotatable bonds is 4. The number of nitriles is 2. The number of hydrogen-bond acceptors (Lipinski definition) is 6. The van der Waals surface area contributed by atoms with Gasteiger partial charge in [0.1, 0.15) is 0 Å². The van der Waals surface area contributed by atoms with Crippen molar-refractivity contribution in [2.24, 2.45) is 10.8 Å². The molecule has 0 N–H and O–H groups in total. The van der Waals surface area contributed by atoms with Gasteiger partial charge in [0, 0.05) is 17.0 Å². The summed E-state index contributed by atoms with van der Waals surface area (Å²) in [6.45, 7) is 5.63. The van der Waals surface area contributed by atoms with Crippen molar-refractivity contribution in [3.63, 3.8) is 0 Å². The molecule has 0 bridgehead atoms. The molecule has 6 heteroatoms. The Morgan fingerprint density at radius 1 is 1.03 bits per heavy atom. The molecule has 1 fully saturated rings. The molecule has 2 aliphatic heterocycles. The molecule has 0 aliphatic carbocycles. The number of ketones is 1. The minimum atomic E-state index is -1.48. The third kappa shape index (κ3) is 3.26. The Kier molecular flexibility index (Phi) is 5.42. The normalized spacial score (nSPS) is 22.5. The van der Waals surface area contributed by atoms with Crippen LogP contribution in [0.4, 0.5) is 5.69 Å². The van der Waals surface area contributed by atoms with E-state index in [1.165, 1.54) is 7.11 Å². The van der Waals surface area contributed by atoms with Gasteiger partial charge in [-0.1, -0.05) is 57.2 Å². The third-order valence-corrected chi connectivity index (χ3v) is 6.69. The second kappa shape index (κ2) is 7.98. The van der Waals surface area contributed by atoms with Gasteiger partial charge in [0.2, 0.25) is 0 Å². The fourth-order valence-corrected chi connectivity index (χ4v) is 5.10. The number of Topliss-reactive ketones (excluding diaryl/α,β-unsaturated/α-hetero) is 1. The first-order valence-corrected chi connectivity index (χ1v) is 10.9. The molecule has 0 unspecified atom stereocenters. The SMILES string of the molecule is COc1ccc([C@H]2[C@H](C(=O)C(C)(C)C)N3c4ccccc4C=C[C@H]3C2(C#N)C#N)cc1OC. The molecule has 0 radical (unpaired) electrons. The Balaban J connectivity index is 2.03. The Hall–Kier alpha value is -3.77. The molecule has 0 saturated carbocycles. The van der Waals surface area contributed by atoms with Crippen molar-refractivity contribution in [1.29, 1.82) is 10.5 Å². The van der Waals surface area contributed by atoms with Crippen LogP contribution in [0.2, 0.25) is 0 Å². The van der Waals surface area contributed by atoms with Crippen LogP contribution in [0.15, 0.2) is 48.5 Å². The smallest absolute Gasteiger partial charge is 0.176 e. The van der Waals surface area contributed by atoms with E-state index >= 15 is 0 Å². The van der Waals surface area contributed by atoms with Crippen molar-refractivity contribution in [1.82, 2.24) is 0 Å². The lowest BCUT2D eigenvalue weighted by atomic mass is 9.67. The highest BCUT2D eigenvalue weighted by molar-refractivity contribution is 5.96. The van der Waals surface area contributed by atoms with Gasteiger partial charge in [-0.25, -0.2) is 0 Å². The highest BCUT2D eigenvalue weighted by Crippen LogP contribution is 2.56. The van der Waals surface area contributed by atoms with Crippen LogP contribution in [0.3, 0.4) is 0 Å². The summed E-state index contributed by atoms with van der Waals surface area (Å²) in [5.41, 5.74) is 0.346. The largest absolute Gasteiger partial charge is 0.493 e. The summed E-state index contributed by atoms with van der Waals surface area (Å²) in [6, 6.07) is 16.5. The van der Waals surface area contributed by atoms with Crippen molar-refractivity contribution in [3.05, 3.63) is 59.7 Å². The van der Waals surface area contributed by atoms with Gasteiger partial charge in [-0.15, -0.1) is 0 Å². The summed E-state index contributed by atoms with van der Waals surface area (Å²) >= 11 is 0. The Morgan fingerprint density at radius 2 is 1.70 bits per heavy atom. The molecule has 0 spiro atoms. The van der Waals surface area contributed by atoms with E-state index in [0.717, 1.165) is 11.3 Å². The van der Waals surface area contributed by atoms with E-state index in [4.69, 9.17) is 9.47 Å². The molecule has 2 aliphatic rings. The maximum atomic E-state index is 14.0. The molecule has 1 saturated heterocycles. The van der Waals surface area contributed by atoms with Gasteiger partial charge in [0.15, 0.2) is 22.7 Å². The highest BCUT2D eigenvalue weighted by Gasteiger charge is 2.64. The molecule has 33 heavy (non-hydrogen) atoms. The Morgan fingerprint density at radius 3 is 2.30 bits per heavy atom. The monoisotopic (exact) mass is 441 g/mol. The number of fused-ring (bicyclic) bond motifs is 3. The topological polar surface area (TPSA) is 86.4 Å². The molecule has 2 aromatic rings. The number of carbonyl (C=O) groups is 1. The predicted molar refractivity (Wildman–Crippen MR) is 126 cm³/mol. The average Bonchev–Trinajstić information content (AvgIpc) is 3.13. The first-order valence-electron chi connectivity index (χ1n) is 10.9. The summed E-state index contributed by atoms with van der Waals surface area (Å²) in [6.07, 6.45) is 3.83. The van der Waals surface area contributed by atoms with E-state index in [1.807, 2.05) is 68.2 Å². The zero-order valence-electron chi connectivity index (χ0n) is 19.5. The molecular formula is C27H27N3O3. The molecule has 0 amide bonds. The van der Waals surface area contributed by atoms with E-state index in [2.05, 4.69) is 12.1 Å².